The molecule has 2 saturated heterocycles. The van der Waals surface area contributed by atoms with Crippen molar-refractivity contribution in [2.75, 3.05) is 23.7 Å². The predicted octanol–water partition coefficient (Wildman–Crippen LogP) is 0.287. The van der Waals surface area contributed by atoms with Gasteiger partial charge in [0.05, 0.1) is 29.0 Å². The Morgan fingerprint density at radius 3 is 3.05 bits per heavy atom. The van der Waals surface area contributed by atoms with Crippen molar-refractivity contribution in [1.82, 2.24) is 10.3 Å². The lowest BCUT2D eigenvalue weighted by Crippen LogP contribution is -2.46. The normalized spacial score (nSPS) is 25.2. The Balaban J connectivity index is 1.95. The number of hydrogen-bond donors (Lipinski definition) is 2. The van der Waals surface area contributed by atoms with Crippen molar-refractivity contribution in [3.8, 4) is 0 Å². The fourth-order valence-electron chi connectivity index (χ4n) is 3.01. The molecule has 2 aliphatic heterocycles. The number of pyridine rings is 1. The second-order valence-corrected chi connectivity index (χ2v) is 5.12. The van der Waals surface area contributed by atoms with Gasteiger partial charge in [0.2, 0.25) is 5.91 Å². The monoisotopic (exact) mass is 277 g/mol. The Kier molecular flexibility index (Phi) is 2.92. The average Bonchev–Trinajstić information content (AvgIpc) is 2.80. The van der Waals surface area contributed by atoms with E-state index in [1.807, 2.05) is 4.90 Å². The van der Waals surface area contributed by atoms with E-state index in [2.05, 4.69) is 10.3 Å². The molecule has 0 aliphatic carbocycles. The number of amides is 1. The number of nitrogens with one attached hydrogen (secondary N) is 1. The Labute approximate surface area is 115 Å². The summed E-state index contributed by atoms with van der Waals surface area (Å²) in [5.41, 5.74) is 5.57. The average molecular weight is 277 g/mol. The first-order valence-corrected chi connectivity index (χ1v) is 6.52. The van der Waals surface area contributed by atoms with E-state index in [0.717, 1.165) is 19.4 Å². The van der Waals surface area contributed by atoms with Gasteiger partial charge in [-0.05, 0) is 12.8 Å². The third-order valence-electron chi connectivity index (χ3n) is 3.92. The molecule has 106 valence electrons. The Morgan fingerprint density at radius 2 is 2.30 bits per heavy atom. The zero-order valence-electron chi connectivity index (χ0n) is 10.8. The van der Waals surface area contributed by atoms with Gasteiger partial charge >= 0.3 is 0 Å². The minimum atomic E-state index is -0.485. The molecule has 0 saturated carbocycles. The molecule has 0 bridgehead atoms. The predicted molar refractivity (Wildman–Crippen MR) is 72.2 cm³/mol. The highest BCUT2D eigenvalue weighted by Gasteiger charge is 2.41. The van der Waals surface area contributed by atoms with Crippen LogP contribution in [0.2, 0.25) is 0 Å². The molecule has 8 nitrogen and oxygen atoms in total. The van der Waals surface area contributed by atoms with Crippen LogP contribution in [-0.4, -0.2) is 34.9 Å². The number of aromatic nitrogens is 1. The first-order valence-electron chi connectivity index (χ1n) is 6.52. The lowest BCUT2D eigenvalue weighted by atomic mass is 9.91. The molecule has 1 aromatic heterocycles. The maximum atomic E-state index is 11.7. The van der Waals surface area contributed by atoms with Gasteiger partial charge in [-0.15, -0.1) is 0 Å². The summed E-state index contributed by atoms with van der Waals surface area (Å²) >= 11 is 0. The summed E-state index contributed by atoms with van der Waals surface area (Å²) in [5, 5.41) is 13.7. The summed E-state index contributed by atoms with van der Waals surface area (Å²) in [6.07, 6.45) is 1.70. The Morgan fingerprint density at radius 1 is 1.50 bits per heavy atom. The molecule has 8 heteroatoms. The standard InChI is InChI=1S/C12H15N5O3/c13-10-4-7(17(19)20)5-11(15-10)16-3-1-2-8-9(16)6-14-12(8)18/h4-5,8-9H,1-3,6H2,(H2,13,15)(H,14,18). The summed E-state index contributed by atoms with van der Waals surface area (Å²) < 4.78 is 0. The summed E-state index contributed by atoms with van der Waals surface area (Å²) in [6.45, 7) is 1.28. The Bertz CT molecular complexity index is 576. The van der Waals surface area contributed by atoms with Crippen molar-refractivity contribution >= 4 is 23.2 Å². The number of carbonyl (C=O) groups excluding carboxylic acids is 1. The second-order valence-electron chi connectivity index (χ2n) is 5.12. The van der Waals surface area contributed by atoms with E-state index in [-0.39, 0.29) is 29.4 Å². The number of nitrogens with two attached hydrogens (primary N) is 1. The third-order valence-corrected chi connectivity index (χ3v) is 3.92. The van der Waals surface area contributed by atoms with E-state index in [9.17, 15) is 14.9 Å². The van der Waals surface area contributed by atoms with E-state index in [0.29, 0.717) is 12.4 Å². The highest BCUT2D eigenvalue weighted by atomic mass is 16.6. The second kappa shape index (κ2) is 4.62. The van der Waals surface area contributed by atoms with Crippen molar-refractivity contribution in [3.05, 3.63) is 22.2 Å². The number of anilines is 2. The zero-order chi connectivity index (χ0) is 14.3. The van der Waals surface area contributed by atoms with Gasteiger partial charge in [0.15, 0.2) is 0 Å². The van der Waals surface area contributed by atoms with Gasteiger partial charge in [-0.1, -0.05) is 0 Å². The van der Waals surface area contributed by atoms with Crippen LogP contribution in [0.15, 0.2) is 12.1 Å². The number of nitrogen functional groups attached to an aromatic ring is 1. The maximum absolute atomic E-state index is 11.7. The van der Waals surface area contributed by atoms with Gasteiger partial charge in [0.25, 0.3) is 5.69 Å². The minimum Gasteiger partial charge on any atom is -0.383 e. The molecule has 2 atom stereocenters. The number of carbonyl (C=O) groups is 1. The molecule has 0 radical (unpaired) electrons. The van der Waals surface area contributed by atoms with Gasteiger partial charge in [0, 0.05) is 13.1 Å². The van der Waals surface area contributed by atoms with E-state index in [1.54, 1.807) is 0 Å². The number of nitro groups is 1. The number of piperidine rings is 1. The van der Waals surface area contributed by atoms with Gasteiger partial charge < -0.3 is 16.0 Å². The van der Waals surface area contributed by atoms with Crippen LogP contribution in [0.5, 0.6) is 0 Å². The zero-order valence-corrected chi connectivity index (χ0v) is 10.8. The fourth-order valence-corrected chi connectivity index (χ4v) is 3.01. The van der Waals surface area contributed by atoms with Crippen LogP contribution >= 0.6 is 0 Å². The summed E-state index contributed by atoms with van der Waals surface area (Å²) in [7, 11) is 0. The van der Waals surface area contributed by atoms with E-state index in [1.165, 1.54) is 12.1 Å². The lowest BCUT2D eigenvalue weighted by Gasteiger charge is -2.36. The third kappa shape index (κ3) is 2.02. The van der Waals surface area contributed by atoms with E-state index in [4.69, 9.17) is 5.73 Å². The van der Waals surface area contributed by atoms with Crippen molar-refractivity contribution in [1.29, 1.82) is 0 Å². The summed E-state index contributed by atoms with van der Waals surface area (Å²) in [6, 6.07) is 2.66. The van der Waals surface area contributed by atoms with Crippen LogP contribution in [-0.2, 0) is 4.79 Å². The lowest BCUT2D eigenvalue weighted by molar-refractivity contribution is -0.384. The van der Waals surface area contributed by atoms with Gasteiger partial charge in [-0.25, -0.2) is 4.98 Å². The van der Waals surface area contributed by atoms with Crippen molar-refractivity contribution < 1.29 is 9.72 Å². The topological polar surface area (TPSA) is 114 Å². The quantitative estimate of drug-likeness (QED) is 0.593. The van der Waals surface area contributed by atoms with Crippen LogP contribution in [0.1, 0.15) is 12.8 Å². The highest BCUT2D eigenvalue weighted by molar-refractivity contribution is 5.83. The first-order chi connectivity index (χ1) is 9.56. The smallest absolute Gasteiger partial charge is 0.276 e. The highest BCUT2D eigenvalue weighted by Crippen LogP contribution is 2.32. The molecule has 3 heterocycles. The minimum absolute atomic E-state index is 0.00477. The number of nitrogens with zero attached hydrogens (tertiary/aromatic N) is 3. The molecule has 1 aromatic rings. The molecule has 1 amide bonds. The van der Waals surface area contributed by atoms with Crippen LogP contribution in [0, 0.1) is 16.0 Å². The van der Waals surface area contributed by atoms with Crippen molar-refractivity contribution in [2.45, 2.75) is 18.9 Å². The van der Waals surface area contributed by atoms with E-state index >= 15 is 0 Å². The molecule has 2 fully saturated rings. The summed E-state index contributed by atoms with van der Waals surface area (Å²) in [4.78, 5) is 28.3. The van der Waals surface area contributed by atoms with Gasteiger partial charge in [0.1, 0.15) is 11.6 Å². The van der Waals surface area contributed by atoms with E-state index < -0.39 is 4.92 Å². The molecule has 3 rings (SSSR count). The molecular formula is C12H15N5O3. The molecule has 2 unspecified atom stereocenters. The summed E-state index contributed by atoms with van der Waals surface area (Å²) in [5.74, 6) is 0.584. The van der Waals surface area contributed by atoms with Crippen molar-refractivity contribution in [3.63, 3.8) is 0 Å². The van der Waals surface area contributed by atoms with Gasteiger partial charge in [-0.2, -0.15) is 0 Å². The van der Waals surface area contributed by atoms with Crippen LogP contribution in [0.3, 0.4) is 0 Å². The number of rotatable bonds is 2. The fraction of sp³-hybridized carbons (Fsp3) is 0.500. The molecule has 3 N–H and O–H groups in total. The number of hydrogen-bond acceptors (Lipinski definition) is 6. The van der Waals surface area contributed by atoms with Crippen LogP contribution < -0.4 is 16.0 Å². The Hall–Kier alpha value is -2.38. The molecule has 0 spiro atoms. The molecule has 0 aromatic carbocycles. The van der Waals surface area contributed by atoms with Crippen molar-refractivity contribution in [2.24, 2.45) is 5.92 Å². The number of fused-ring (bicyclic) bond motifs is 1. The van der Waals surface area contributed by atoms with Crippen LogP contribution in [0.4, 0.5) is 17.3 Å². The SMILES string of the molecule is Nc1cc([N+](=O)[O-])cc(N2CCCC3C(=O)NCC32)n1. The molecule has 2 aliphatic rings. The van der Waals surface area contributed by atoms with Crippen LogP contribution in [0.25, 0.3) is 0 Å². The van der Waals surface area contributed by atoms with Gasteiger partial charge in [-0.3, -0.25) is 14.9 Å². The molecule has 20 heavy (non-hydrogen) atoms. The first kappa shape index (κ1) is 12.6. The largest absolute Gasteiger partial charge is 0.383 e. The molecular weight excluding hydrogens is 262 g/mol. The maximum Gasteiger partial charge on any atom is 0.276 e.